The number of anilines is 1. The van der Waals surface area contributed by atoms with Crippen LogP contribution in [0.4, 0.5) is 5.69 Å². The zero-order valence-electron chi connectivity index (χ0n) is 19.7. The monoisotopic (exact) mass is 464 g/mol. The molecular formula is C30H28N2O3. The maximum atomic E-state index is 13.1. The van der Waals surface area contributed by atoms with Gasteiger partial charge in [-0.3, -0.25) is 9.59 Å². The Hall–Kier alpha value is -4.38. The van der Waals surface area contributed by atoms with Crippen LogP contribution in [0.2, 0.25) is 0 Å². The van der Waals surface area contributed by atoms with Gasteiger partial charge < -0.3 is 15.0 Å². The van der Waals surface area contributed by atoms with Crippen molar-refractivity contribution in [2.24, 2.45) is 0 Å². The maximum Gasteiger partial charge on any atom is 0.256 e. The third kappa shape index (κ3) is 6.58. The predicted molar refractivity (Wildman–Crippen MR) is 139 cm³/mol. The van der Waals surface area contributed by atoms with Crippen LogP contribution < -0.4 is 10.1 Å². The van der Waals surface area contributed by atoms with Gasteiger partial charge in [0, 0.05) is 25.6 Å². The molecule has 0 aliphatic rings. The number of nitrogens with one attached hydrogen (secondary N) is 1. The van der Waals surface area contributed by atoms with Crippen LogP contribution in [0, 0.1) is 0 Å². The standard InChI is InChI=1S/C30H28N2O3/c1-32(22-24-13-6-3-7-14-24)30(34)27-17-8-9-18-28(27)31-29(33)25-15-10-16-26(21-25)35-20-19-23-11-4-2-5-12-23/h2-18,21H,19-20,22H2,1H3,(H,31,33). The Labute approximate surface area is 206 Å². The molecule has 0 bridgehead atoms. The highest BCUT2D eigenvalue weighted by Gasteiger charge is 2.18. The fraction of sp³-hybridized carbons (Fsp3) is 0.133. The minimum absolute atomic E-state index is 0.164. The van der Waals surface area contributed by atoms with Crippen molar-refractivity contribution in [1.82, 2.24) is 4.90 Å². The molecule has 0 aliphatic carbocycles. The van der Waals surface area contributed by atoms with Crippen molar-refractivity contribution in [3.05, 3.63) is 131 Å². The van der Waals surface area contributed by atoms with E-state index in [1.807, 2.05) is 54.6 Å². The van der Waals surface area contributed by atoms with E-state index in [9.17, 15) is 9.59 Å². The van der Waals surface area contributed by atoms with Gasteiger partial charge >= 0.3 is 0 Å². The number of ether oxygens (including phenoxy) is 1. The Morgan fingerprint density at radius 1 is 0.771 bits per heavy atom. The molecule has 0 unspecified atom stereocenters. The van der Waals surface area contributed by atoms with Crippen molar-refractivity contribution in [1.29, 1.82) is 0 Å². The van der Waals surface area contributed by atoms with Gasteiger partial charge in [0.15, 0.2) is 0 Å². The number of carbonyl (C=O) groups excluding carboxylic acids is 2. The van der Waals surface area contributed by atoms with Gasteiger partial charge in [-0.15, -0.1) is 0 Å². The molecule has 0 saturated carbocycles. The molecule has 0 aromatic heterocycles. The van der Waals surface area contributed by atoms with Gasteiger partial charge in [-0.05, 0) is 41.5 Å². The third-order valence-electron chi connectivity index (χ3n) is 5.61. The van der Waals surface area contributed by atoms with Gasteiger partial charge in [-0.2, -0.15) is 0 Å². The molecule has 0 aliphatic heterocycles. The Bertz CT molecular complexity index is 1270. The van der Waals surface area contributed by atoms with Gasteiger partial charge in [-0.25, -0.2) is 0 Å². The van der Waals surface area contributed by atoms with Crippen LogP contribution in [0.3, 0.4) is 0 Å². The molecule has 4 rings (SSSR count). The molecule has 2 amide bonds. The minimum Gasteiger partial charge on any atom is -0.493 e. The zero-order chi connectivity index (χ0) is 24.5. The molecule has 176 valence electrons. The molecule has 35 heavy (non-hydrogen) atoms. The smallest absolute Gasteiger partial charge is 0.256 e. The molecule has 1 N–H and O–H groups in total. The molecule has 0 saturated heterocycles. The Balaban J connectivity index is 1.41. The number of nitrogens with zero attached hydrogens (tertiary/aromatic N) is 1. The van der Waals surface area contributed by atoms with E-state index >= 15 is 0 Å². The number of carbonyl (C=O) groups is 2. The average Bonchev–Trinajstić information content (AvgIpc) is 2.90. The fourth-order valence-corrected chi connectivity index (χ4v) is 3.77. The van der Waals surface area contributed by atoms with Crippen molar-refractivity contribution in [2.75, 3.05) is 19.0 Å². The molecule has 0 spiro atoms. The Morgan fingerprint density at radius 3 is 2.17 bits per heavy atom. The van der Waals surface area contributed by atoms with E-state index in [4.69, 9.17) is 4.74 Å². The summed E-state index contributed by atoms with van der Waals surface area (Å²) >= 11 is 0. The van der Waals surface area contributed by atoms with Crippen LogP contribution in [-0.4, -0.2) is 30.4 Å². The molecule has 4 aromatic carbocycles. The average molecular weight is 465 g/mol. The van der Waals surface area contributed by atoms with Crippen LogP contribution in [0.1, 0.15) is 31.8 Å². The predicted octanol–water partition coefficient (Wildman–Crippen LogP) is 5.83. The summed E-state index contributed by atoms with van der Waals surface area (Å²) in [6, 6.07) is 34.0. The summed E-state index contributed by atoms with van der Waals surface area (Å²) in [7, 11) is 1.75. The normalized spacial score (nSPS) is 10.4. The molecule has 5 nitrogen and oxygen atoms in total. The summed E-state index contributed by atoms with van der Waals surface area (Å²) in [6.45, 7) is 0.991. The number of hydrogen-bond acceptors (Lipinski definition) is 3. The van der Waals surface area contributed by atoms with Gasteiger partial charge in [0.25, 0.3) is 11.8 Å². The largest absolute Gasteiger partial charge is 0.493 e. The van der Waals surface area contributed by atoms with E-state index in [0.29, 0.717) is 35.7 Å². The van der Waals surface area contributed by atoms with Crippen molar-refractivity contribution in [3.8, 4) is 5.75 Å². The van der Waals surface area contributed by atoms with Crippen molar-refractivity contribution < 1.29 is 14.3 Å². The first kappa shape index (κ1) is 23.8. The van der Waals surface area contributed by atoms with Crippen LogP contribution in [-0.2, 0) is 13.0 Å². The van der Waals surface area contributed by atoms with E-state index in [-0.39, 0.29) is 11.8 Å². The lowest BCUT2D eigenvalue weighted by atomic mass is 10.1. The number of hydrogen-bond donors (Lipinski definition) is 1. The zero-order valence-corrected chi connectivity index (χ0v) is 19.7. The van der Waals surface area contributed by atoms with E-state index in [1.54, 1.807) is 54.4 Å². The first-order valence-corrected chi connectivity index (χ1v) is 11.6. The number of amides is 2. The van der Waals surface area contributed by atoms with E-state index in [2.05, 4.69) is 17.4 Å². The third-order valence-corrected chi connectivity index (χ3v) is 5.61. The lowest BCUT2D eigenvalue weighted by Gasteiger charge is -2.19. The summed E-state index contributed by atoms with van der Waals surface area (Å²) in [5.41, 5.74) is 3.60. The van der Waals surface area contributed by atoms with Crippen molar-refractivity contribution in [2.45, 2.75) is 13.0 Å². The molecule has 4 aromatic rings. The lowest BCUT2D eigenvalue weighted by molar-refractivity contribution is 0.0786. The van der Waals surface area contributed by atoms with Crippen molar-refractivity contribution in [3.63, 3.8) is 0 Å². The van der Waals surface area contributed by atoms with Crippen LogP contribution in [0.15, 0.2) is 109 Å². The lowest BCUT2D eigenvalue weighted by Crippen LogP contribution is -2.27. The summed E-state index contributed by atoms with van der Waals surface area (Å²) in [5.74, 6) is 0.160. The SMILES string of the molecule is CN(Cc1ccccc1)C(=O)c1ccccc1NC(=O)c1cccc(OCCc2ccccc2)c1. The van der Waals surface area contributed by atoms with Crippen LogP contribution >= 0.6 is 0 Å². The number of benzene rings is 4. The molecule has 0 fully saturated rings. The second kappa shape index (κ2) is 11.7. The van der Waals surface area contributed by atoms with Crippen LogP contribution in [0.25, 0.3) is 0 Å². The van der Waals surface area contributed by atoms with Gasteiger partial charge in [0.05, 0.1) is 17.9 Å². The Kier molecular flexibility index (Phi) is 7.92. The minimum atomic E-state index is -0.301. The molecular weight excluding hydrogens is 436 g/mol. The quantitative estimate of drug-likeness (QED) is 0.339. The van der Waals surface area contributed by atoms with Gasteiger partial charge in [0.2, 0.25) is 0 Å². The van der Waals surface area contributed by atoms with Crippen molar-refractivity contribution >= 4 is 17.5 Å². The van der Waals surface area contributed by atoms with E-state index in [1.165, 1.54) is 5.56 Å². The van der Waals surface area contributed by atoms with Gasteiger partial charge in [-0.1, -0.05) is 78.9 Å². The second-order valence-corrected chi connectivity index (χ2v) is 8.26. The number of rotatable bonds is 9. The van der Waals surface area contributed by atoms with E-state index in [0.717, 1.165) is 12.0 Å². The highest BCUT2D eigenvalue weighted by atomic mass is 16.5. The number of para-hydroxylation sites is 1. The second-order valence-electron chi connectivity index (χ2n) is 8.26. The Morgan fingerprint density at radius 2 is 1.43 bits per heavy atom. The van der Waals surface area contributed by atoms with Gasteiger partial charge in [0.1, 0.15) is 5.75 Å². The molecule has 0 atom stereocenters. The summed E-state index contributed by atoms with van der Waals surface area (Å²) in [4.78, 5) is 27.8. The van der Waals surface area contributed by atoms with Crippen LogP contribution in [0.5, 0.6) is 5.75 Å². The maximum absolute atomic E-state index is 13.1. The summed E-state index contributed by atoms with van der Waals surface area (Å²) < 4.78 is 5.86. The highest BCUT2D eigenvalue weighted by Crippen LogP contribution is 2.20. The first-order chi connectivity index (χ1) is 17.1. The molecule has 0 radical (unpaired) electrons. The van der Waals surface area contributed by atoms with E-state index < -0.39 is 0 Å². The molecule has 5 heteroatoms. The highest BCUT2D eigenvalue weighted by molar-refractivity contribution is 6.09. The first-order valence-electron chi connectivity index (χ1n) is 11.6. The summed E-state index contributed by atoms with van der Waals surface area (Å²) in [5, 5.41) is 2.89. The fourth-order valence-electron chi connectivity index (χ4n) is 3.77. The molecule has 0 heterocycles. The topological polar surface area (TPSA) is 58.6 Å². The summed E-state index contributed by atoms with van der Waals surface area (Å²) in [6.07, 6.45) is 0.781.